The molecule has 14 heavy (non-hydrogen) atoms. The van der Waals surface area contributed by atoms with Gasteiger partial charge in [0.25, 0.3) is 0 Å². The SMILES string of the molecule is CCCCCCC(=O)NC(C)CC#N. The second-order valence-electron chi connectivity index (χ2n) is 3.64. The molecule has 0 bridgehead atoms. The fraction of sp³-hybridized carbons (Fsp3) is 0.818. The van der Waals surface area contributed by atoms with Crippen LogP contribution in [-0.4, -0.2) is 11.9 Å². The Morgan fingerprint density at radius 3 is 2.71 bits per heavy atom. The summed E-state index contributed by atoms with van der Waals surface area (Å²) in [6, 6.07) is 2.02. The van der Waals surface area contributed by atoms with E-state index in [9.17, 15) is 4.79 Å². The Labute approximate surface area is 86.5 Å². The van der Waals surface area contributed by atoms with E-state index in [0.717, 1.165) is 12.8 Å². The maximum absolute atomic E-state index is 11.3. The van der Waals surface area contributed by atoms with Crippen LogP contribution in [0.5, 0.6) is 0 Å². The lowest BCUT2D eigenvalue weighted by molar-refractivity contribution is -0.121. The molecule has 3 nitrogen and oxygen atoms in total. The van der Waals surface area contributed by atoms with Gasteiger partial charge in [-0.15, -0.1) is 0 Å². The Hall–Kier alpha value is -1.04. The number of nitrogens with one attached hydrogen (secondary N) is 1. The molecule has 1 atom stereocenters. The first-order valence-electron chi connectivity index (χ1n) is 5.37. The molecule has 0 fully saturated rings. The number of hydrogen-bond acceptors (Lipinski definition) is 2. The van der Waals surface area contributed by atoms with Crippen molar-refractivity contribution in [2.45, 2.75) is 58.4 Å². The van der Waals surface area contributed by atoms with Gasteiger partial charge in [0.1, 0.15) is 0 Å². The van der Waals surface area contributed by atoms with E-state index in [4.69, 9.17) is 5.26 Å². The van der Waals surface area contributed by atoms with Gasteiger partial charge in [0.2, 0.25) is 5.91 Å². The number of rotatable bonds is 7. The maximum atomic E-state index is 11.3. The van der Waals surface area contributed by atoms with Crippen molar-refractivity contribution in [3.8, 4) is 6.07 Å². The molecule has 3 heteroatoms. The van der Waals surface area contributed by atoms with Gasteiger partial charge in [0.05, 0.1) is 12.5 Å². The predicted octanol–water partition coefficient (Wildman–Crippen LogP) is 2.38. The molecule has 0 heterocycles. The van der Waals surface area contributed by atoms with Crippen molar-refractivity contribution in [2.24, 2.45) is 0 Å². The third-order valence-corrected chi connectivity index (χ3v) is 2.06. The van der Waals surface area contributed by atoms with Crippen LogP contribution in [0.4, 0.5) is 0 Å². The minimum atomic E-state index is -0.0151. The molecule has 0 saturated carbocycles. The van der Waals surface area contributed by atoms with Crippen LogP contribution in [0.15, 0.2) is 0 Å². The van der Waals surface area contributed by atoms with E-state index < -0.39 is 0 Å². The normalized spacial score (nSPS) is 11.8. The lowest BCUT2D eigenvalue weighted by Crippen LogP contribution is -2.31. The Bertz CT molecular complexity index is 196. The number of carbonyl (C=O) groups excluding carboxylic acids is 1. The molecule has 0 aromatic carbocycles. The van der Waals surface area contributed by atoms with Crippen LogP contribution in [0.1, 0.15) is 52.4 Å². The van der Waals surface area contributed by atoms with Crippen LogP contribution in [0.25, 0.3) is 0 Å². The topological polar surface area (TPSA) is 52.9 Å². The molecular weight excluding hydrogens is 176 g/mol. The first-order valence-corrected chi connectivity index (χ1v) is 5.37. The second kappa shape index (κ2) is 8.55. The summed E-state index contributed by atoms with van der Waals surface area (Å²) < 4.78 is 0. The first-order chi connectivity index (χ1) is 6.70. The highest BCUT2D eigenvalue weighted by atomic mass is 16.1. The Morgan fingerprint density at radius 2 is 2.14 bits per heavy atom. The third-order valence-electron chi connectivity index (χ3n) is 2.06. The summed E-state index contributed by atoms with van der Waals surface area (Å²) in [5.41, 5.74) is 0. The van der Waals surface area contributed by atoms with Gasteiger partial charge >= 0.3 is 0 Å². The number of carbonyl (C=O) groups is 1. The van der Waals surface area contributed by atoms with Crippen molar-refractivity contribution < 1.29 is 4.79 Å². The molecule has 0 spiro atoms. The molecule has 1 unspecified atom stereocenters. The maximum Gasteiger partial charge on any atom is 0.220 e. The van der Waals surface area contributed by atoms with Gasteiger partial charge in [-0.3, -0.25) is 4.79 Å². The van der Waals surface area contributed by atoms with E-state index in [0.29, 0.717) is 12.8 Å². The van der Waals surface area contributed by atoms with Crippen LogP contribution in [0.2, 0.25) is 0 Å². The standard InChI is InChI=1S/C11H20N2O/c1-3-4-5-6-7-11(14)13-10(2)8-9-12/h10H,3-8H2,1-2H3,(H,13,14). The van der Waals surface area contributed by atoms with Crippen molar-refractivity contribution in [1.82, 2.24) is 5.32 Å². The highest BCUT2D eigenvalue weighted by Gasteiger charge is 2.05. The van der Waals surface area contributed by atoms with E-state index >= 15 is 0 Å². The Morgan fingerprint density at radius 1 is 1.43 bits per heavy atom. The van der Waals surface area contributed by atoms with E-state index in [1.807, 2.05) is 13.0 Å². The molecule has 1 amide bonds. The van der Waals surface area contributed by atoms with Crippen molar-refractivity contribution >= 4 is 5.91 Å². The zero-order valence-electron chi connectivity index (χ0n) is 9.18. The molecular formula is C11H20N2O. The highest BCUT2D eigenvalue weighted by Crippen LogP contribution is 2.02. The minimum Gasteiger partial charge on any atom is -0.353 e. The smallest absolute Gasteiger partial charge is 0.220 e. The second-order valence-corrected chi connectivity index (χ2v) is 3.64. The van der Waals surface area contributed by atoms with Gasteiger partial charge in [-0.05, 0) is 13.3 Å². The van der Waals surface area contributed by atoms with Crippen LogP contribution >= 0.6 is 0 Å². The summed E-state index contributed by atoms with van der Waals surface area (Å²) >= 11 is 0. The minimum absolute atomic E-state index is 0.0151. The van der Waals surface area contributed by atoms with Gasteiger partial charge in [-0.2, -0.15) is 5.26 Å². The zero-order valence-corrected chi connectivity index (χ0v) is 9.18. The molecule has 0 aromatic heterocycles. The summed E-state index contributed by atoms with van der Waals surface area (Å²) in [6.07, 6.45) is 5.44. The number of unbranched alkanes of at least 4 members (excludes halogenated alkanes) is 3. The molecule has 0 aromatic rings. The van der Waals surface area contributed by atoms with Gasteiger partial charge < -0.3 is 5.32 Å². The largest absolute Gasteiger partial charge is 0.353 e. The van der Waals surface area contributed by atoms with E-state index in [1.54, 1.807) is 0 Å². The van der Waals surface area contributed by atoms with Crippen LogP contribution in [0.3, 0.4) is 0 Å². The Balaban J connectivity index is 3.41. The Kier molecular flexibility index (Phi) is 7.92. The highest BCUT2D eigenvalue weighted by molar-refractivity contribution is 5.76. The third kappa shape index (κ3) is 7.60. The van der Waals surface area contributed by atoms with Gasteiger partial charge in [-0.25, -0.2) is 0 Å². The molecule has 0 radical (unpaired) electrons. The van der Waals surface area contributed by atoms with Crippen molar-refractivity contribution in [3.63, 3.8) is 0 Å². The average molecular weight is 196 g/mol. The van der Waals surface area contributed by atoms with E-state index in [1.165, 1.54) is 12.8 Å². The lowest BCUT2D eigenvalue weighted by Gasteiger charge is -2.09. The quantitative estimate of drug-likeness (QED) is 0.635. The number of amides is 1. The molecule has 1 N–H and O–H groups in total. The number of nitriles is 1. The van der Waals surface area contributed by atoms with Crippen molar-refractivity contribution in [2.75, 3.05) is 0 Å². The predicted molar refractivity (Wildman–Crippen MR) is 56.6 cm³/mol. The summed E-state index contributed by atoms with van der Waals surface area (Å²) in [4.78, 5) is 11.3. The van der Waals surface area contributed by atoms with Crippen LogP contribution in [0, 0.1) is 11.3 Å². The zero-order chi connectivity index (χ0) is 10.8. The van der Waals surface area contributed by atoms with Crippen LogP contribution < -0.4 is 5.32 Å². The van der Waals surface area contributed by atoms with Crippen LogP contribution in [-0.2, 0) is 4.79 Å². The van der Waals surface area contributed by atoms with E-state index in [-0.39, 0.29) is 11.9 Å². The number of nitrogens with zero attached hydrogens (tertiary/aromatic N) is 1. The average Bonchev–Trinajstić information content (AvgIpc) is 2.13. The molecule has 0 saturated heterocycles. The molecule has 0 aliphatic carbocycles. The first kappa shape index (κ1) is 13.0. The van der Waals surface area contributed by atoms with Gasteiger partial charge in [0, 0.05) is 12.5 Å². The summed E-state index contributed by atoms with van der Waals surface area (Å²) in [7, 11) is 0. The van der Waals surface area contributed by atoms with E-state index in [2.05, 4.69) is 12.2 Å². The molecule has 0 rings (SSSR count). The fourth-order valence-corrected chi connectivity index (χ4v) is 1.25. The molecule has 0 aliphatic rings. The summed E-state index contributed by atoms with van der Waals surface area (Å²) in [6.45, 7) is 4.00. The summed E-state index contributed by atoms with van der Waals surface area (Å²) in [5.74, 6) is 0.0730. The van der Waals surface area contributed by atoms with Gasteiger partial charge in [0.15, 0.2) is 0 Å². The van der Waals surface area contributed by atoms with Crippen molar-refractivity contribution in [1.29, 1.82) is 5.26 Å². The van der Waals surface area contributed by atoms with Gasteiger partial charge in [-0.1, -0.05) is 26.2 Å². The van der Waals surface area contributed by atoms with Crippen molar-refractivity contribution in [3.05, 3.63) is 0 Å². The number of hydrogen-bond donors (Lipinski definition) is 1. The fourth-order valence-electron chi connectivity index (χ4n) is 1.25. The monoisotopic (exact) mass is 196 g/mol. The molecule has 80 valence electrons. The molecule has 0 aliphatic heterocycles. The lowest BCUT2D eigenvalue weighted by atomic mass is 10.1. The summed E-state index contributed by atoms with van der Waals surface area (Å²) in [5, 5.41) is 11.2.